The Morgan fingerprint density at radius 1 is 1.60 bits per heavy atom. The summed E-state index contributed by atoms with van der Waals surface area (Å²) in [7, 11) is 0. The first-order valence-corrected chi connectivity index (χ1v) is 6.08. The number of hydrogen-bond donors (Lipinski definition) is 1. The van der Waals surface area contributed by atoms with Gasteiger partial charge in [-0.15, -0.1) is 11.3 Å². The molecule has 0 amide bonds. The zero-order chi connectivity index (χ0) is 11.1. The highest BCUT2D eigenvalue weighted by Crippen LogP contribution is 2.21. The average Bonchev–Trinajstić information content (AvgIpc) is 2.72. The lowest BCUT2D eigenvalue weighted by molar-refractivity contribution is -0.142. The van der Waals surface area contributed by atoms with E-state index in [-0.39, 0.29) is 18.6 Å². The lowest BCUT2D eigenvalue weighted by Gasteiger charge is -2.14. The van der Waals surface area contributed by atoms with E-state index in [1.54, 1.807) is 11.3 Å². The fourth-order valence-corrected chi connectivity index (χ4v) is 2.24. The minimum atomic E-state index is -0.187. The van der Waals surface area contributed by atoms with Crippen LogP contribution in [0, 0.1) is 0 Å². The number of esters is 1. The Labute approximate surface area is 94.5 Å². The van der Waals surface area contributed by atoms with Crippen LogP contribution in [0.15, 0.2) is 17.5 Å². The summed E-state index contributed by atoms with van der Waals surface area (Å²) in [5, 5.41) is 5.24. The zero-order valence-electron chi connectivity index (χ0n) is 9.16. The van der Waals surface area contributed by atoms with Crippen LogP contribution < -0.4 is 5.32 Å². The van der Waals surface area contributed by atoms with E-state index in [0.29, 0.717) is 6.61 Å². The monoisotopic (exact) mass is 227 g/mol. The van der Waals surface area contributed by atoms with Crippen molar-refractivity contribution in [1.82, 2.24) is 5.32 Å². The number of rotatable bonds is 6. The molecule has 0 spiro atoms. The molecule has 0 aromatic carbocycles. The van der Waals surface area contributed by atoms with Crippen LogP contribution in [-0.4, -0.2) is 19.1 Å². The number of carbonyl (C=O) groups is 1. The second kappa shape index (κ2) is 6.58. The second-order valence-electron chi connectivity index (χ2n) is 3.16. The van der Waals surface area contributed by atoms with Crippen LogP contribution in [0.5, 0.6) is 0 Å². The van der Waals surface area contributed by atoms with Gasteiger partial charge in [0.15, 0.2) is 0 Å². The van der Waals surface area contributed by atoms with Gasteiger partial charge in [-0.2, -0.15) is 0 Å². The maximum atomic E-state index is 11.2. The van der Waals surface area contributed by atoms with Crippen molar-refractivity contribution in [2.75, 3.05) is 13.2 Å². The molecule has 84 valence electrons. The summed E-state index contributed by atoms with van der Waals surface area (Å²) >= 11 is 1.71. The Kier molecular flexibility index (Phi) is 5.36. The van der Waals surface area contributed by atoms with Gasteiger partial charge in [-0.3, -0.25) is 10.1 Å². The number of ether oxygens (including phenoxy) is 1. The minimum absolute atomic E-state index is 0.187. The molecule has 0 aliphatic rings. The average molecular weight is 227 g/mol. The molecular formula is C11H17NO2S. The summed E-state index contributed by atoms with van der Waals surface area (Å²) in [5.74, 6) is -0.187. The predicted molar refractivity (Wildman–Crippen MR) is 62.0 cm³/mol. The van der Waals surface area contributed by atoms with Crippen LogP contribution >= 0.6 is 11.3 Å². The highest BCUT2D eigenvalue weighted by molar-refractivity contribution is 7.10. The Morgan fingerprint density at radius 2 is 2.40 bits per heavy atom. The summed E-state index contributed by atoms with van der Waals surface area (Å²) in [6.07, 6.45) is 0.972. The molecule has 1 heterocycles. The first-order valence-electron chi connectivity index (χ1n) is 5.20. The summed E-state index contributed by atoms with van der Waals surface area (Å²) in [6, 6.07) is 4.36. The molecule has 15 heavy (non-hydrogen) atoms. The van der Waals surface area contributed by atoms with Crippen LogP contribution in [-0.2, 0) is 9.53 Å². The Balaban J connectivity index is 2.38. The van der Waals surface area contributed by atoms with Gasteiger partial charge in [-0.05, 0) is 24.8 Å². The molecule has 3 nitrogen and oxygen atoms in total. The smallest absolute Gasteiger partial charge is 0.319 e. The van der Waals surface area contributed by atoms with Gasteiger partial charge in [-0.25, -0.2) is 0 Å². The van der Waals surface area contributed by atoms with Gasteiger partial charge < -0.3 is 4.74 Å². The van der Waals surface area contributed by atoms with Gasteiger partial charge in [0, 0.05) is 10.9 Å². The third-order valence-electron chi connectivity index (χ3n) is 2.09. The molecule has 0 bridgehead atoms. The van der Waals surface area contributed by atoms with E-state index in [2.05, 4.69) is 18.3 Å². The van der Waals surface area contributed by atoms with Gasteiger partial charge in [0.2, 0.25) is 0 Å². The largest absolute Gasteiger partial charge is 0.465 e. The van der Waals surface area contributed by atoms with Crippen LogP contribution in [0.25, 0.3) is 0 Å². The Morgan fingerprint density at radius 3 is 2.93 bits per heavy atom. The van der Waals surface area contributed by atoms with E-state index < -0.39 is 0 Å². The first kappa shape index (κ1) is 12.2. The van der Waals surface area contributed by atoms with Gasteiger partial charge in [0.05, 0.1) is 13.2 Å². The van der Waals surface area contributed by atoms with Crippen LogP contribution in [0.3, 0.4) is 0 Å². The van der Waals surface area contributed by atoms with Gasteiger partial charge in [-0.1, -0.05) is 13.0 Å². The lowest BCUT2D eigenvalue weighted by Crippen LogP contribution is -2.28. The number of thiophene rings is 1. The molecule has 1 aromatic heterocycles. The van der Waals surface area contributed by atoms with E-state index in [4.69, 9.17) is 4.74 Å². The zero-order valence-corrected chi connectivity index (χ0v) is 9.97. The van der Waals surface area contributed by atoms with Crippen molar-refractivity contribution in [3.8, 4) is 0 Å². The van der Waals surface area contributed by atoms with Gasteiger partial charge in [0.1, 0.15) is 0 Å². The van der Waals surface area contributed by atoms with Crippen LogP contribution in [0.2, 0.25) is 0 Å². The predicted octanol–water partition coefficient (Wildman–Crippen LogP) is 2.35. The van der Waals surface area contributed by atoms with Crippen molar-refractivity contribution in [3.63, 3.8) is 0 Å². The van der Waals surface area contributed by atoms with Crippen LogP contribution in [0.1, 0.15) is 31.2 Å². The van der Waals surface area contributed by atoms with Crippen molar-refractivity contribution >= 4 is 17.3 Å². The van der Waals surface area contributed by atoms with E-state index in [1.165, 1.54) is 4.88 Å². The Bertz CT molecular complexity index is 285. The third kappa shape index (κ3) is 4.01. The standard InChI is InChI=1S/C11H17NO2S/c1-3-9(10-6-5-7-15-10)12-8-11(13)14-4-2/h5-7,9,12H,3-4,8H2,1-2H3. The molecule has 1 unspecified atom stereocenters. The summed E-state index contributed by atoms with van der Waals surface area (Å²) in [4.78, 5) is 12.4. The second-order valence-corrected chi connectivity index (χ2v) is 4.14. The Hall–Kier alpha value is -0.870. The molecule has 0 aliphatic carbocycles. The van der Waals surface area contributed by atoms with E-state index in [9.17, 15) is 4.79 Å². The highest BCUT2D eigenvalue weighted by atomic mass is 32.1. The molecule has 1 atom stereocenters. The quantitative estimate of drug-likeness (QED) is 0.758. The number of nitrogens with one attached hydrogen (secondary N) is 1. The fraction of sp³-hybridized carbons (Fsp3) is 0.545. The molecule has 0 radical (unpaired) electrons. The lowest BCUT2D eigenvalue weighted by atomic mass is 10.2. The van der Waals surface area contributed by atoms with Gasteiger partial charge >= 0.3 is 5.97 Å². The SMILES string of the molecule is CCOC(=O)CNC(CC)c1cccs1. The van der Waals surface area contributed by atoms with Crippen molar-refractivity contribution in [3.05, 3.63) is 22.4 Å². The van der Waals surface area contributed by atoms with Crippen molar-refractivity contribution < 1.29 is 9.53 Å². The fourth-order valence-electron chi connectivity index (χ4n) is 1.35. The summed E-state index contributed by atoms with van der Waals surface area (Å²) in [5.41, 5.74) is 0. The van der Waals surface area contributed by atoms with Crippen molar-refractivity contribution in [1.29, 1.82) is 0 Å². The molecule has 0 saturated heterocycles. The number of carbonyl (C=O) groups excluding carboxylic acids is 1. The number of hydrogen-bond acceptors (Lipinski definition) is 4. The molecule has 1 N–H and O–H groups in total. The maximum absolute atomic E-state index is 11.2. The molecule has 1 rings (SSSR count). The molecule has 0 aliphatic heterocycles. The minimum Gasteiger partial charge on any atom is -0.465 e. The van der Waals surface area contributed by atoms with E-state index >= 15 is 0 Å². The van der Waals surface area contributed by atoms with Crippen LogP contribution in [0.4, 0.5) is 0 Å². The van der Waals surface area contributed by atoms with Crippen molar-refractivity contribution in [2.45, 2.75) is 26.3 Å². The van der Waals surface area contributed by atoms with Crippen molar-refractivity contribution in [2.24, 2.45) is 0 Å². The van der Waals surface area contributed by atoms with E-state index in [1.807, 2.05) is 18.4 Å². The molecule has 0 fully saturated rings. The topological polar surface area (TPSA) is 38.3 Å². The van der Waals surface area contributed by atoms with E-state index in [0.717, 1.165) is 6.42 Å². The third-order valence-corrected chi connectivity index (χ3v) is 3.08. The molecule has 0 saturated carbocycles. The summed E-state index contributed by atoms with van der Waals surface area (Å²) < 4.78 is 4.86. The first-order chi connectivity index (χ1) is 7.27. The highest BCUT2D eigenvalue weighted by Gasteiger charge is 2.11. The molecular weight excluding hydrogens is 210 g/mol. The summed E-state index contributed by atoms with van der Waals surface area (Å²) in [6.45, 7) is 4.64. The molecule has 4 heteroatoms. The molecule has 1 aromatic rings. The van der Waals surface area contributed by atoms with Gasteiger partial charge in [0.25, 0.3) is 0 Å². The normalized spacial score (nSPS) is 12.4. The maximum Gasteiger partial charge on any atom is 0.319 e.